The van der Waals surface area contributed by atoms with Gasteiger partial charge in [-0.3, -0.25) is 10.6 Å². The number of carboxylic acids is 1. The van der Waals surface area contributed by atoms with Gasteiger partial charge in [-0.2, -0.15) is 0 Å². The third-order valence-electron chi connectivity index (χ3n) is 2.71. The molecule has 2 amide bonds. The van der Waals surface area contributed by atoms with Gasteiger partial charge in [0.05, 0.1) is 16.2 Å². The third kappa shape index (κ3) is 5.81. The van der Waals surface area contributed by atoms with Crippen LogP contribution in [0.1, 0.15) is 26.2 Å². The summed E-state index contributed by atoms with van der Waals surface area (Å²) in [4.78, 5) is 22.9. The fourth-order valence-corrected chi connectivity index (χ4v) is 4.21. The van der Waals surface area contributed by atoms with Crippen molar-refractivity contribution in [3.63, 3.8) is 0 Å². The van der Waals surface area contributed by atoms with Gasteiger partial charge in [-0.15, -0.1) is 21.5 Å². The van der Waals surface area contributed by atoms with Crippen LogP contribution in [0, 0.1) is 0 Å². The molecule has 0 fully saturated rings. The lowest BCUT2D eigenvalue weighted by molar-refractivity contribution is -0.304. The molecule has 0 saturated carbocycles. The number of nitrogens with one attached hydrogen (secondary N) is 2. The number of amides is 2. The van der Waals surface area contributed by atoms with Crippen molar-refractivity contribution in [1.82, 2.24) is 10.2 Å². The lowest BCUT2D eigenvalue weighted by Gasteiger charge is -2.14. The highest BCUT2D eigenvalue weighted by molar-refractivity contribution is 8.02. The highest BCUT2D eigenvalue weighted by atomic mass is 32.2. The third-order valence-corrected chi connectivity index (χ3v) is 5.66. The Hall–Kier alpha value is -1.65. The number of carboxylic acid groups (broad SMARTS) is 1. The monoisotopic (exact) mass is 371 g/mol. The Labute approximate surface area is 145 Å². The standard InChI is InChI=1S/C13H16N4O3S3/c1-2-3-5-8(10(18)19)22-13-17-16-12(23-13)15-11(20)14-9-6-4-7-21-9/h4,6-8H,2-3,5H2,1H3,(H,18,19)(H2,14,15,16,20)/p-1/t8-/m1/s1. The Morgan fingerprint density at radius 1 is 1.39 bits per heavy atom. The second-order valence-corrected chi connectivity index (χ2v) is 7.87. The number of aromatic nitrogens is 2. The van der Waals surface area contributed by atoms with Crippen LogP contribution >= 0.6 is 34.4 Å². The molecule has 10 heteroatoms. The predicted octanol–water partition coefficient (Wildman–Crippen LogP) is 2.64. The van der Waals surface area contributed by atoms with Crippen molar-refractivity contribution in [2.45, 2.75) is 35.8 Å². The van der Waals surface area contributed by atoms with Gasteiger partial charge in [0.25, 0.3) is 0 Å². The molecule has 0 aliphatic carbocycles. The molecule has 0 radical (unpaired) electrons. The second kappa shape index (κ2) is 8.85. The molecule has 0 bridgehead atoms. The molecular formula is C13H15N4O3S3-. The van der Waals surface area contributed by atoms with Crippen LogP contribution in [0.5, 0.6) is 0 Å². The van der Waals surface area contributed by atoms with Gasteiger partial charge < -0.3 is 9.90 Å². The Morgan fingerprint density at radius 3 is 2.87 bits per heavy atom. The van der Waals surface area contributed by atoms with E-state index >= 15 is 0 Å². The van der Waals surface area contributed by atoms with E-state index in [0.29, 0.717) is 15.9 Å². The van der Waals surface area contributed by atoms with Crippen molar-refractivity contribution in [2.24, 2.45) is 0 Å². The van der Waals surface area contributed by atoms with Gasteiger partial charge >= 0.3 is 6.03 Å². The van der Waals surface area contributed by atoms with E-state index in [2.05, 4.69) is 20.8 Å². The van der Waals surface area contributed by atoms with Crippen molar-refractivity contribution in [2.75, 3.05) is 10.6 Å². The second-order valence-electron chi connectivity index (χ2n) is 4.50. The molecule has 0 unspecified atom stereocenters. The van der Waals surface area contributed by atoms with Crippen LogP contribution in [-0.2, 0) is 4.79 Å². The topological polar surface area (TPSA) is 107 Å². The van der Waals surface area contributed by atoms with Gasteiger partial charge in [-0.1, -0.05) is 42.9 Å². The lowest BCUT2D eigenvalue weighted by Crippen LogP contribution is -2.33. The van der Waals surface area contributed by atoms with Gasteiger partial charge in [0.1, 0.15) is 0 Å². The van der Waals surface area contributed by atoms with E-state index in [9.17, 15) is 14.7 Å². The van der Waals surface area contributed by atoms with E-state index in [4.69, 9.17) is 0 Å². The van der Waals surface area contributed by atoms with Crippen molar-refractivity contribution >= 4 is 56.6 Å². The molecular weight excluding hydrogens is 356 g/mol. The Kier molecular flexibility index (Phi) is 6.81. The number of thiophene rings is 1. The molecule has 124 valence electrons. The van der Waals surface area contributed by atoms with Gasteiger partial charge in [0, 0.05) is 0 Å². The first-order chi connectivity index (χ1) is 11.1. The van der Waals surface area contributed by atoms with Gasteiger partial charge in [-0.05, 0) is 23.9 Å². The smallest absolute Gasteiger partial charge is 0.326 e. The fourth-order valence-electron chi connectivity index (χ4n) is 1.63. The number of aliphatic carboxylic acids is 1. The summed E-state index contributed by atoms with van der Waals surface area (Å²) in [5.74, 6) is -1.11. The number of unbranched alkanes of at least 4 members (excludes halogenated alkanes) is 1. The molecule has 2 heterocycles. The molecule has 23 heavy (non-hydrogen) atoms. The van der Waals surface area contributed by atoms with Crippen molar-refractivity contribution in [1.29, 1.82) is 0 Å². The summed E-state index contributed by atoms with van der Waals surface area (Å²) in [6.45, 7) is 2.00. The number of anilines is 2. The fraction of sp³-hybridized carbons (Fsp3) is 0.385. The molecule has 1 atom stereocenters. The maximum Gasteiger partial charge on any atom is 0.326 e. The molecule has 2 aromatic heterocycles. The van der Waals surface area contributed by atoms with Crippen LogP contribution in [0.25, 0.3) is 0 Å². The number of urea groups is 1. The maximum absolute atomic E-state index is 11.8. The average molecular weight is 371 g/mol. The largest absolute Gasteiger partial charge is 0.549 e. The van der Waals surface area contributed by atoms with Crippen molar-refractivity contribution < 1.29 is 14.7 Å². The van der Waals surface area contributed by atoms with E-state index in [1.807, 2.05) is 18.4 Å². The Morgan fingerprint density at radius 2 is 2.22 bits per heavy atom. The number of carbonyl (C=O) groups is 2. The van der Waals surface area contributed by atoms with E-state index in [0.717, 1.165) is 40.9 Å². The first kappa shape index (κ1) is 17.7. The van der Waals surface area contributed by atoms with E-state index in [-0.39, 0.29) is 0 Å². The van der Waals surface area contributed by atoms with E-state index in [1.54, 1.807) is 6.07 Å². The summed E-state index contributed by atoms with van der Waals surface area (Å²) in [5, 5.41) is 26.3. The minimum absolute atomic E-state index is 0.314. The number of thioether (sulfide) groups is 1. The summed E-state index contributed by atoms with van der Waals surface area (Å²) in [6, 6.07) is 3.20. The summed E-state index contributed by atoms with van der Waals surface area (Å²) in [5.41, 5.74) is 0. The number of hydrogen-bond donors (Lipinski definition) is 2. The van der Waals surface area contributed by atoms with Crippen LogP contribution in [0.3, 0.4) is 0 Å². The molecule has 0 spiro atoms. The lowest BCUT2D eigenvalue weighted by atomic mass is 10.2. The summed E-state index contributed by atoms with van der Waals surface area (Å²) in [6.07, 6.45) is 2.24. The number of nitrogens with zero attached hydrogens (tertiary/aromatic N) is 2. The first-order valence-corrected chi connectivity index (χ1v) is 9.48. The van der Waals surface area contributed by atoms with Gasteiger partial charge in [-0.25, -0.2) is 4.79 Å². The van der Waals surface area contributed by atoms with Crippen LogP contribution in [0.15, 0.2) is 21.9 Å². The first-order valence-electron chi connectivity index (χ1n) is 6.91. The van der Waals surface area contributed by atoms with Crippen LogP contribution in [-0.4, -0.2) is 27.4 Å². The molecule has 0 saturated heterocycles. The minimum Gasteiger partial charge on any atom is -0.549 e. The molecule has 7 nitrogen and oxygen atoms in total. The van der Waals surface area contributed by atoms with Crippen LogP contribution in [0.4, 0.5) is 14.9 Å². The quantitative estimate of drug-likeness (QED) is 0.546. The number of rotatable bonds is 8. The number of hydrogen-bond acceptors (Lipinski definition) is 8. The van der Waals surface area contributed by atoms with Crippen LogP contribution in [0.2, 0.25) is 0 Å². The normalized spacial score (nSPS) is 11.9. The summed E-state index contributed by atoms with van der Waals surface area (Å²) in [7, 11) is 0. The zero-order chi connectivity index (χ0) is 16.7. The van der Waals surface area contributed by atoms with Gasteiger partial charge in [0.15, 0.2) is 4.34 Å². The number of carbonyl (C=O) groups excluding carboxylic acids is 2. The average Bonchev–Trinajstić information content (AvgIpc) is 3.15. The van der Waals surface area contributed by atoms with E-state index in [1.165, 1.54) is 11.3 Å². The Balaban J connectivity index is 1.89. The molecule has 2 rings (SSSR count). The van der Waals surface area contributed by atoms with E-state index < -0.39 is 17.3 Å². The van der Waals surface area contributed by atoms with Crippen molar-refractivity contribution in [3.05, 3.63) is 17.5 Å². The van der Waals surface area contributed by atoms with Gasteiger partial charge in [0.2, 0.25) is 5.13 Å². The highest BCUT2D eigenvalue weighted by Gasteiger charge is 2.16. The molecule has 0 aliphatic heterocycles. The molecule has 2 N–H and O–H groups in total. The zero-order valence-corrected chi connectivity index (χ0v) is 14.7. The minimum atomic E-state index is -1.11. The summed E-state index contributed by atoms with van der Waals surface area (Å²) >= 11 is 3.64. The Bertz CT molecular complexity index is 645. The SMILES string of the molecule is CCCC[C@@H](Sc1nnc(NC(=O)Nc2cccs2)s1)C(=O)[O-]. The highest BCUT2D eigenvalue weighted by Crippen LogP contribution is 2.31. The molecule has 2 aromatic rings. The summed E-state index contributed by atoms with van der Waals surface area (Å²) < 4.78 is 0.488. The maximum atomic E-state index is 11.8. The molecule has 0 aliphatic rings. The van der Waals surface area contributed by atoms with Crippen LogP contribution < -0.4 is 15.7 Å². The predicted molar refractivity (Wildman–Crippen MR) is 91.0 cm³/mol. The zero-order valence-electron chi connectivity index (χ0n) is 12.3. The molecule has 0 aromatic carbocycles. The van der Waals surface area contributed by atoms with Crippen molar-refractivity contribution in [3.8, 4) is 0 Å².